The summed E-state index contributed by atoms with van der Waals surface area (Å²) in [4.78, 5) is 23.3. The van der Waals surface area contributed by atoms with Crippen molar-refractivity contribution in [2.24, 2.45) is 0 Å². The molecule has 0 aromatic heterocycles. The van der Waals surface area contributed by atoms with E-state index in [1.54, 1.807) is 19.2 Å². The summed E-state index contributed by atoms with van der Waals surface area (Å²) in [5.74, 6) is 0.598. The average Bonchev–Trinajstić information content (AvgIpc) is 2.78. The van der Waals surface area contributed by atoms with Gasteiger partial charge in [-0.2, -0.15) is 0 Å². The Morgan fingerprint density at radius 3 is 2.52 bits per heavy atom. The van der Waals surface area contributed by atoms with Gasteiger partial charge in [-0.1, -0.05) is 23.7 Å². The van der Waals surface area contributed by atoms with Crippen LogP contribution in [0.25, 0.3) is 0 Å². The van der Waals surface area contributed by atoms with Gasteiger partial charge in [-0.25, -0.2) is 0 Å². The molecule has 1 amide bonds. The highest BCUT2D eigenvalue weighted by Gasteiger charge is 2.19. The van der Waals surface area contributed by atoms with Crippen LogP contribution in [0.1, 0.15) is 15.9 Å². The molecule has 0 saturated carbocycles. The van der Waals surface area contributed by atoms with Crippen molar-refractivity contribution in [3.05, 3.63) is 86.9 Å². The minimum atomic E-state index is -0.613. The molecule has 3 aromatic rings. The quantitative estimate of drug-likeness (QED) is 0.385. The Morgan fingerprint density at radius 1 is 1.03 bits per heavy atom. The molecule has 0 aliphatic carbocycles. The number of rotatable bonds is 8. The summed E-state index contributed by atoms with van der Waals surface area (Å²) in [6, 6.07) is 16.1. The normalized spacial score (nSPS) is 10.3. The number of nitrogens with one attached hydrogen (secondary N) is 1. The molecule has 0 bridgehead atoms. The fraction of sp³-hybridized carbons (Fsp3) is 0.136. The molecule has 31 heavy (non-hydrogen) atoms. The van der Waals surface area contributed by atoms with E-state index in [2.05, 4.69) is 5.32 Å². The van der Waals surface area contributed by atoms with Crippen molar-refractivity contribution in [3.63, 3.8) is 0 Å². The number of nitrogens with zero attached hydrogens (tertiary/aromatic N) is 1. The fourth-order valence-electron chi connectivity index (χ4n) is 2.82. The summed E-state index contributed by atoms with van der Waals surface area (Å²) in [5.41, 5.74) is 0.984. The summed E-state index contributed by atoms with van der Waals surface area (Å²) >= 11 is 6.08. The number of carbonyl (C=O) groups is 1. The van der Waals surface area contributed by atoms with Crippen LogP contribution in [0.4, 0.5) is 11.4 Å². The highest BCUT2D eigenvalue weighted by atomic mass is 35.5. The van der Waals surface area contributed by atoms with Gasteiger partial charge in [0.25, 0.3) is 5.91 Å². The number of halogens is 1. The fourth-order valence-corrected chi connectivity index (χ4v) is 2.99. The lowest BCUT2D eigenvalue weighted by Crippen LogP contribution is -2.13. The summed E-state index contributed by atoms with van der Waals surface area (Å²) in [6.45, 7) is 0.232. The molecule has 0 radical (unpaired) electrons. The molecule has 0 fully saturated rings. The van der Waals surface area contributed by atoms with E-state index in [0.29, 0.717) is 22.2 Å². The van der Waals surface area contributed by atoms with Crippen molar-refractivity contribution in [1.29, 1.82) is 0 Å². The standard InChI is InChI=1S/C22H19ClN2O6/c1-29-17-5-3-4-14(10-17)13-31-20-9-7-16(23)12-18(20)24-22(26)15-6-8-21(30-2)19(11-15)25(27)28/h3-12H,13H2,1-2H3,(H,24,26). The van der Waals surface area contributed by atoms with Crippen LogP contribution in [0.2, 0.25) is 5.02 Å². The van der Waals surface area contributed by atoms with E-state index < -0.39 is 10.8 Å². The third-order valence-corrected chi connectivity index (χ3v) is 4.59. The predicted octanol–water partition coefficient (Wildman–Crippen LogP) is 5.10. The molecule has 0 spiro atoms. The number of nitro groups is 1. The summed E-state index contributed by atoms with van der Waals surface area (Å²) in [6.07, 6.45) is 0. The zero-order valence-corrected chi connectivity index (χ0v) is 17.5. The lowest BCUT2D eigenvalue weighted by Gasteiger charge is -2.14. The molecular formula is C22H19ClN2O6. The summed E-state index contributed by atoms with van der Waals surface area (Å²) in [7, 11) is 2.90. The topological polar surface area (TPSA) is 99.9 Å². The minimum absolute atomic E-state index is 0.0617. The van der Waals surface area contributed by atoms with Gasteiger partial charge in [0.15, 0.2) is 5.75 Å². The van der Waals surface area contributed by atoms with Crippen LogP contribution >= 0.6 is 11.6 Å². The molecule has 0 aliphatic heterocycles. The largest absolute Gasteiger partial charge is 0.497 e. The Bertz CT molecular complexity index is 1120. The van der Waals surface area contributed by atoms with Gasteiger partial charge in [-0.3, -0.25) is 14.9 Å². The maximum absolute atomic E-state index is 12.7. The maximum Gasteiger partial charge on any atom is 0.311 e. The van der Waals surface area contributed by atoms with Gasteiger partial charge in [-0.15, -0.1) is 0 Å². The first-order valence-corrected chi connectivity index (χ1v) is 9.48. The first-order valence-electron chi connectivity index (χ1n) is 9.10. The van der Waals surface area contributed by atoms with E-state index >= 15 is 0 Å². The maximum atomic E-state index is 12.7. The number of amides is 1. The van der Waals surface area contributed by atoms with Crippen molar-refractivity contribution >= 4 is 28.9 Å². The number of benzene rings is 3. The van der Waals surface area contributed by atoms with Crippen molar-refractivity contribution in [2.45, 2.75) is 6.61 Å². The van der Waals surface area contributed by atoms with Gasteiger partial charge in [0, 0.05) is 16.7 Å². The van der Waals surface area contributed by atoms with Crippen LogP contribution in [-0.2, 0) is 6.61 Å². The number of ether oxygens (including phenoxy) is 3. The average molecular weight is 443 g/mol. The van der Waals surface area contributed by atoms with Gasteiger partial charge in [0.2, 0.25) is 0 Å². The highest BCUT2D eigenvalue weighted by Crippen LogP contribution is 2.31. The van der Waals surface area contributed by atoms with Gasteiger partial charge in [0.1, 0.15) is 18.1 Å². The SMILES string of the molecule is COc1cccc(COc2ccc(Cl)cc2NC(=O)c2ccc(OC)c([N+](=O)[O-])c2)c1. The third-order valence-electron chi connectivity index (χ3n) is 4.36. The van der Waals surface area contributed by atoms with Crippen molar-refractivity contribution in [1.82, 2.24) is 0 Å². The second-order valence-electron chi connectivity index (χ2n) is 6.38. The van der Waals surface area contributed by atoms with E-state index in [0.717, 1.165) is 11.6 Å². The van der Waals surface area contributed by atoms with E-state index in [9.17, 15) is 14.9 Å². The van der Waals surface area contributed by atoms with Crippen molar-refractivity contribution in [2.75, 3.05) is 19.5 Å². The highest BCUT2D eigenvalue weighted by molar-refractivity contribution is 6.31. The minimum Gasteiger partial charge on any atom is -0.497 e. The second kappa shape index (κ2) is 9.82. The monoisotopic (exact) mass is 442 g/mol. The molecule has 0 unspecified atom stereocenters. The predicted molar refractivity (Wildman–Crippen MR) is 116 cm³/mol. The Balaban J connectivity index is 1.81. The van der Waals surface area contributed by atoms with Gasteiger partial charge in [-0.05, 0) is 48.0 Å². The molecule has 160 valence electrons. The van der Waals surface area contributed by atoms with Gasteiger partial charge in [0.05, 0.1) is 24.8 Å². The molecule has 3 rings (SSSR count). The van der Waals surface area contributed by atoms with Crippen LogP contribution in [0, 0.1) is 10.1 Å². The number of anilines is 1. The third kappa shape index (κ3) is 5.43. The van der Waals surface area contributed by atoms with Crippen LogP contribution in [0.3, 0.4) is 0 Å². The number of methoxy groups -OCH3 is 2. The van der Waals surface area contributed by atoms with Crippen LogP contribution < -0.4 is 19.5 Å². The van der Waals surface area contributed by atoms with Gasteiger partial charge >= 0.3 is 5.69 Å². The molecule has 0 heterocycles. The molecule has 0 aliphatic rings. The smallest absolute Gasteiger partial charge is 0.311 e. The Labute approximate surface area is 183 Å². The molecule has 3 aromatic carbocycles. The summed E-state index contributed by atoms with van der Waals surface area (Å²) < 4.78 is 16.0. The Hall–Kier alpha value is -3.78. The number of hydrogen-bond donors (Lipinski definition) is 1. The molecule has 0 saturated heterocycles. The number of nitro benzene ring substituents is 1. The zero-order chi connectivity index (χ0) is 22.4. The lowest BCUT2D eigenvalue weighted by atomic mass is 10.1. The number of carbonyl (C=O) groups excluding carboxylic acids is 1. The van der Waals surface area contributed by atoms with E-state index in [1.807, 2.05) is 24.3 Å². The van der Waals surface area contributed by atoms with Crippen LogP contribution in [0.5, 0.6) is 17.2 Å². The molecule has 9 heteroatoms. The zero-order valence-electron chi connectivity index (χ0n) is 16.8. The second-order valence-corrected chi connectivity index (χ2v) is 6.81. The molecule has 1 N–H and O–H groups in total. The molecule has 0 atom stereocenters. The number of hydrogen-bond acceptors (Lipinski definition) is 6. The van der Waals surface area contributed by atoms with E-state index in [-0.39, 0.29) is 23.6 Å². The first-order chi connectivity index (χ1) is 14.9. The lowest BCUT2D eigenvalue weighted by molar-refractivity contribution is -0.385. The van der Waals surface area contributed by atoms with Crippen LogP contribution in [0.15, 0.2) is 60.7 Å². The first kappa shape index (κ1) is 21.9. The Morgan fingerprint density at radius 2 is 1.81 bits per heavy atom. The Kier molecular flexibility index (Phi) is 6.94. The van der Waals surface area contributed by atoms with Crippen molar-refractivity contribution in [3.8, 4) is 17.2 Å². The van der Waals surface area contributed by atoms with Crippen molar-refractivity contribution < 1.29 is 23.9 Å². The van der Waals surface area contributed by atoms with Gasteiger partial charge < -0.3 is 19.5 Å². The molecular weight excluding hydrogens is 424 g/mol. The summed E-state index contributed by atoms with van der Waals surface area (Å²) in [5, 5.41) is 14.3. The van der Waals surface area contributed by atoms with E-state index in [1.165, 1.54) is 25.3 Å². The van der Waals surface area contributed by atoms with E-state index in [4.69, 9.17) is 25.8 Å². The molecule has 8 nitrogen and oxygen atoms in total. The van der Waals surface area contributed by atoms with Crippen LogP contribution in [-0.4, -0.2) is 25.1 Å².